The first-order valence-electron chi connectivity index (χ1n) is 4.09. The number of aliphatic imine (C=N–C) groups is 1. The van der Waals surface area contributed by atoms with Crippen LogP contribution in [0.15, 0.2) is 29.3 Å². The number of nitrogens with zero attached hydrogens (tertiary/aromatic N) is 1. The Balaban J connectivity index is 2.06. The molecule has 1 N–H and O–H groups in total. The van der Waals surface area contributed by atoms with Crippen LogP contribution in [0, 0.1) is 0 Å². The lowest BCUT2D eigenvalue weighted by atomic mass is 10.1. The van der Waals surface area contributed by atoms with Gasteiger partial charge < -0.3 is 9.84 Å². The molecule has 3 nitrogen and oxygen atoms in total. The molecular formula is C9H11NO2. The summed E-state index contributed by atoms with van der Waals surface area (Å²) in [6.45, 7) is 0.103. The van der Waals surface area contributed by atoms with Crippen LogP contribution in [0.3, 0.4) is 0 Å². The largest absolute Gasteiger partial charge is 0.471 e. The number of ether oxygens (including phenoxy) is 1. The molecule has 1 heterocycles. The second-order valence-corrected chi connectivity index (χ2v) is 2.84. The van der Waals surface area contributed by atoms with Crippen LogP contribution in [0.4, 0.5) is 0 Å². The van der Waals surface area contributed by atoms with Crippen molar-refractivity contribution in [2.75, 3.05) is 6.61 Å². The maximum atomic E-state index is 8.66. The maximum Gasteiger partial charge on any atom is 0.187 e. The van der Waals surface area contributed by atoms with E-state index in [9.17, 15) is 0 Å². The van der Waals surface area contributed by atoms with Gasteiger partial charge in [-0.3, -0.25) is 0 Å². The number of fused-ring (bicyclic) bond motifs is 1. The fourth-order valence-corrected chi connectivity index (χ4v) is 1.37. The summed E-state index contributed by atoms with van der Waals surface area (Å²) in [4.78, 5) is 4.30. The molecule has 0 aromatic rings. The molecule has 2 aliphatic rings. The van der Waals surface area contributed by atoms with Crippen LogP contribution in [-0.2, 0) is 4.74 Å². The molecule has 0 aromatic carbocycles. The molecular weight excluding hydrogens is 154 g/mol. The number of aliphatic hydroxyl groups excluding tert-OH is 1. The van der Waals surface area contributed by atoms with E-state index >= 15 is 0 Å². The first kappa shape index (κ1) is 7.55. The van der Waals surface area contributed by atoms with E-state index in [1.807, 2.05) is 24.3 Å². The molecule has 0 amide bonds. The van der Waals surface area contributed by atoms with Crippen LogP contribution < -0.4 is 0 Å². The third-order valence-electron chi connectivity index (χ3n) is 1.95. The summed E-state index contributed by atoms with van der Waals surface area (Å²) in [5.41, 5.74) is 0. The molecule has 0 radical (unpaired) electrons. The predicted molar refractivity (Wildman–Crippen MR) is 46.1 cm³/mol. The smallest absolute Gasteiger partial charge is 0.187 e. The van der Waals surface area contributed by atoms with Crippen molar-refractivity contribution in [1.82, 2.24) is 0 Å². The molecule has 0 aromatic heterocycles. The van der Waals surface area contributed by atoms with Crippen LogP contribution in [0.1, 0.15) is 6.42 Å². The Kier molecular flexibility index (Phi) is 1.96. The van der Waals surface area contributed by atoms with E-state index in [1.54, 1.807) is 0 Å². The molecule has 2 atom stereocenters. The van der Waals surface area contributed by atoms with Crippen molar-refractivity contribution >= 4 is 5.90 Å². The van der Waals surface area contributed by atoms with Crippen molar-refractivity contribution in [1.29, 1.82) is 0 Å². The Hall–Kier alpha value is -1.09. The van der Waals surface area contributed by atoms with Gasteiger partial charge in [-0.2, -0.15) is 0 Å². The van der Waals surface area contributed by atoms with Crippen LogP contribution in [0.2, 0.25) is 0 Å². The molecule has 0 fully saturated rings. The fraction of sp³-hybridized carbons (Fsp3) is 0.444. The predicted octanol–water partition coefficient (Wildman–Crippen LogP) is 0.661. The molecule has 0 saturated carbocycles. The van der Waals surface area contributed by atoms with Gasteiger partial charge in [0, 0.05) is 6.42 Å². The lowest BCUT2D eigenvalue weighted by Crippen LogP contribution is -2.19. The number of hydrogen-bond donors (Lipinski definition) is 1. The second-order valence-electron chi connectivity index (χ2n) is 2.84. The lowest BCUT2D eigenvalue weighted by Gasteiger charge is -2.12. The Bertz CT molecular complexity index is 255. The molecule has 0 spiro atoms. The van der Waals surface area contributed by atoms with Crippen LogP contribution in [-0.4, -0.2) is 29.8 Å². The van der Waals surface area contributed by atoms with Gasteiger partial charge in [0.2, 0.25) is 0 Å². The van der Waals surface area contributed by atoms with E-state index in [2.05, 4.69) is 4.99 Å². The third kappa shape index (κ3) is 1.28. The van der Waals surface area contributed by atoms with Crippen molar-refractivity contribution in [3.05, 3.63) is 24.3 Å². The zero-order chi connectivity index (χ0) is 8.39. The topological polar surface area (TPSA) is 41.8 Å². The van der Waals surface area contributed by atoms with E-state index in [-0.39, 0.29) is 18.8 Å². The maximum absolute atomic E-state index is 8.66. The van der Waals surface area contributed by atoms with Gasteiger partial charge in [-0.25, -0.2) is 4.99 Å². The molecule has 3 heteroatoms. The van der Waals surface area contributed by atoms with Crippen molar-refractivity contribution in [3.63, 3.8) is 0 Å². The number of hydrogen-bond acceptors (Lipinski definition) is 3. The monoisotopic (exact) mass is 165 g/mol. The minimum absolute atomic E-state index is 0.0662. The Morgan fingerprint density at radius 2 is 2.25 bits per heavy atom. The highest BCUT2D eigenvalue weighted by atomic mass is 16.5. The molecule has 2 unspecified atom stereocenters. The minimum atomic E-state index is 0.0662. The van der Waals surface area contributed by atoms with Crippen LogP contribution >= 0.6 is 0 Å². The summed E-state index contributed by atoms with van der Waals surface area (Å²) < 4.78 is 5.46. The van der Waals surface area contributed by atoms with Crippen molar-refractivity contribution in [3.8, 4) is 0 Å². The summed E-state index contributed by atoms with van der Waals surface area (Å²) in [7, 11) is 0. The van der Waals surface area contributed by atoms with Crippen molar-refractivity contribution < 1.29 is 9.84 Å². The average Bonchev–Trinajstić information content (AvgIpc) is 2.47. The molecule has 1 aliphatic carbocycles. The lowest BCUT2D eigenvalue weighted by molar-refractivity contribution is 0.235. The third-order valence-corrected chi connectivity index (χ3v) is 1.95. The van der Waals surface area contributed by atoms with E-state index in [4.69, 9.17) is 9.84 Å². The molecule has 64 valence electrons. The molecule has 0 bridgehead atoms. The SMILES string of the molecule is OCCC1=NC2C=CC=CC2O1. The summed E-state index contributed by atoms with van der Waals surface area (Å²) in [6, 6.07) is 0.136. The standard InChI is InChI=1S/C9H11NO2/c11-6-5-9-10-7-3-1-2-4-8(7)12-9/h1-4,7-8,11H,5-6H2. The highest BCUT2D eigenvalue weighted by molar-refractivity contribution is 5.78. The first-order chi connectivity index (χ1) is 5.90. The van der Waals surface area contributed by atoms with E-state index in [0.717, 1.165) is 0 Å². The quantitative estimate of drug-likeness (QED) is 0.653. The van der Waals surface area contributed by atoms with Gasteiger partial charge in [-0.15, -0.1) is 0 Å². The van der Waals surface area contributed by atoms with Gasteiger partial charge in [0.25, 0.3) is 0 Å². The van der Waals surface area contributed by atoms with Crippen molar-refractivity contribution in [2.24, 2.45) is 4.99 Å². The van der Waals surface area contributed by atoms with E-state index < -0.39 is 0 Å². The van der Waals surface area contributed by atoms with E-state index in [1.165, 1.54) is 0 Å². The van der Waals surface area contributed by atoms with Gasteiger partial charge in [-0.1, -0.05) is 18.2 Å². The Morgan fingerprint density at radius 3 is 3.00 bits per heavy atom. The van der Waals surface area contributed by atoms with Gasteiger partial charge in [0.05, 0.1) is 6.61 Å². The number of rotatable bonds is 2. The van der Waals surface area contributed by atoms with Gasteiger partial charge in [0.1, 0.15) is 12.1 Å². The molecule has 1 aliphatic heterocycles. The Morgan fingerprint density at radius 1 is 1.42 bits per heavy atom. The number of allylic oxidation sites excluding steroid dienone is 2. The summed E-state index contributed by atoms with van der Waals surface area (Å²) in [6.07, 6.45) is 8.51. The average molecular weight is 165 g/mol. The van der Waals surface area contributed by atoms with Gasteiger partial charge in [0.15, 0.2) is 5.90 Å². The zero-order valence-corrected chi connectivity index (χ0v) is 6.68. The highest BCUT2D eigenvalue weighted by Crippen LogP contribution is 2.20. The second kappa shape index (κ2) is 3.11. The zero-order valence-electron chi connectivity index (χ0n) is 6.68. The van der Waals surface area contributed by atoms with Gasteiger partial charge in [-0.05, 0) is 6.08 Å². The minimum Gasteiger partial charge on any atom is -0.471 e. The van der Waals surface area contributed by atoms with Crippen molar-refractivity contribution in [2.45, 2.75) is 18.6 Å². The molecule has 0 saturated heterocycles. The highest BCUT2D eigenvalue weighted by Gasteiger charge is 2.27. The Labute approximate surface area is 71.1 Å². The van der Waals surface area contributed by atoms with Crippen LogP contribution in [0.25, 0.3) is 0 Å². The van der Waals surface area contributed by atoms with E-state index in [0.29, 0.717) is 12.3 Å². The summed E-state index contributed by atoms with van der Waals surface area (Å²) in [5, 5.41) is 8.66. The summed E-state index contributed by atoms with van der Waals surface area (Å²) in [5.74, 6) is 0.670. The normalized spacial score (nSPS) is 31.2. The fourth-order valence-electron chi connectivity index (χ4n) is 1.37. The summed E-state index contributed by atoms with van der Waals surface area (Å²) >= 11 is 0. The number of aliphatic hydroxyl groups is 1. The molecule has 2 rings (SSSR count). The molecule has 12 heavy (non-hydrogen) atoms. The first-order valence-corrected chi connectivity index (χ1v) is 4.09. The van der Waals surface area contributed by atoms with Crippen LogP contribution in [0.5, 0.6) is 0 Å². The van der Waals surface area contributed by atoms with Gasteiger partial charge >= 0.3 is 0 Å².